The van der Waals surface area contributed by atoms with Gasteiger partial charge in [-0.2, -0.15) is 5.10 Å². The van der Waals surface area contributed by atoms with Crippen LogP contribution in [0, 0.1) is 6.92 Å². The van der Waals surface area contributed by atoms with Crippen molar-refractivity contribution in [1.82, 2.24) is 14.8 Å². The van der Waals surface area contributed by atoms with Crippen LogP contribution in [0.2, 0.25) is 0 Å². The summed E-state index contributed by atoms with van der Waals surface area (Å²) in [4.78, 5) is 4.47. The van der Waals surface area contributed by atoms with Crippen molar-refractivity contribution in [3.8, 4) is 11.4 Å². The molecule has 0 bridgehead atoms. The number of methoxy groups -OCH3 is 1. The SMILES string of the molecule is COc1ccc2ncc3nn(-c4ccc(C)cc4)cc3c2c1. The lowest BCUT2D eigenvalue weighted by Gasteiger charge is -2.02. The number of benzene rings is 2. The van der Waals surface area contributed by atoms with Gasteiger partial charge in [-0.3, -0.25) is 4.98 Å². The van der Waals surface area contributed by atoms with E-state index in [1.165, 1.54) is 5.56 Å². The Labute approximate surface area is 128 Å². The van der Waals surface area contributed by atoms with Crippen LogP contribution in [0.25, 0.3) is 27.5 Å². The van der Waals surface area contributed by atoms with E-state index in [9.17, 15) is 0 Å². The van der Waals surface area contributed by atoms with E-state index in [4.69, 9.17) is 4.74 Å². The standard InChI is InChI=1S/C18H15N3O/c1-12-3-5-13(6-4-12)21-11-16-15-9-14(22-2)7-8-17(15)19-10-18(16)20-21/h3-11H,1-2H3. The van der Waals surface area contributed by atoms with Gasteiger partial charge in [-0.15, -0.1) is 0 Å². The van der Waals surface area contributed by atoms with E-state index in [-0.39, 0.29) is 0 Å². The second kappa shape index (κ2) is 4.84. The van der Waals surface area contributed by atoms with E-state index in [1.54, 1.807) is 7.11 Å². The van der Waals surface area contributed by atoms with Crippen molar-refractivity contribution in [2.24, 2.45) is 0 Å². The van der Waals surface area contributed by atoms with Crippen LogP contribution >= 0.6 is 0 Å². The second-order valence-electron chi connectivity index (χ2n) is 5.35. The Kier molecular flexibility index (Phi) is 2.82. The maximum atomic E-state index is 5.32. The summed E-state index contributed by atoms with van der Waals surface area (Å²) in [6, 6.07) is 14.2. The van der Waals surface area contributed by atoms with Crippen LogP contribution in [-0.2, 0) is 0 Å². The summed E-state index contributed by atoms with van der Waals surface area (Å²) in [5, 5.41) is 6.76. The maximum Gasteiger partial charge on any atom is 0.119 e. The lowest BCUT2D eigenvalue weighted by Crippen LogP contribution is -1.93. The molecule has 4 heteroatoms. The van der Waals surface area contributed by atoms with Gasteiger partial charge in [0.2, 0.25) is 0 Å². The fourth-order valence-electron chi connectivity index (χ4n) is 2.62. The Morgan fingerprint density at radius 2 is 1.77 bits per heavy atom. The van der Waals surface area contributed by atoms with Gasteiger partial charge < -0.3 is 4.74 Å². The summed E-state index contributed by atoms with van der Waals surface area (Å²) in [6.07, 6.45) is 3.86. The number of ether oxygens (including phenoxy) is 1. The average molecular weight is 289 g/mol. The zero-order valence-electron chi connectivity index (χ0n) is 12.4. The summed E-state index contributed by atoms with van der Waals surface area (Å²) in [6.45, 7) is 2.08. The molecule has 0 aliphatic carbocycles. The quantitative estimate of drug-likeness (QED) is 0.562. The fourth-order valence-corrected chi connectivity index (χ4v) is 2.62. The van der Waals surface area contributed by atoms with Gasteiger partial charge in [0.1, 0.15) is 11.3 Å². The summed E-state index contributed by atoms with van der Waals surface area (Å²) in [5.41, 5.74) is 4.09. The molecule has 2 aromatic carbocycles. The fraction of sp³-hybridized carbons (Fsp3) is 0.111. The summed E-state index contributed by atoms with van der Waals surface area (Å²) < 4.78 is 7.21. The van der Waals surface area contributed by atoms with E-state index in [2.05, 4.69) is 41.3 Å². The lowest BCUT2D eigenvalue weighted by molar-refractivity contribution is 0.415. The Morgan fingerprint density at radius 1 is 0.955 bits per heavy atom. The molecule has 4 rings (SSSR count). The molecule has 2 heterocycles. The zero-order valence-corrected chi connectivity index (χ0v) is 12.4. The van der Waals surface area contributed by atoms with Crippen molar-refractivity contribution < 1.29 is 4.74 Å². The Balaban J connectivity index is 1.96. The second-order valence-corrected chi connectivity index (χ2v) is 5.35. The van der Waals surface area contributed by atoms with Gasteiger partial charge in [-0.1, -0.05) is 17.7 Å². The topological polar surface area (TPSA) is 39.9 Å². The molecule has 0 saturated heterocycles. The first-order valence-electron chi connectivity index (χ1n) is 7.14. The highest BCUT2D eigenvalue weighted by atomic mass is 16.5. The molecular weight excluding hydrogens is 274 g/mol. The number of aryl methyl sites for hydroxylation is 1. The molecule has 0 radical (unpaired) electrons. The number of aromatic nitrogens is 3. The molecule has 0 saturated carbocycles. The zero-order chi connectivity index (χ0) is 15.1. The van der Waals surface area contributed by atoms with Crippen LogP contribution < -0.4 is 4.74 Å². The van der Waals surface area contributed by atoms with E-state index >= 15 is 0 Å². The van der Waals surface area contributed by atoms with Gasteiger partial charge in [0.05, 0.1) is 24.5 Å². The smallest absolute Gasteiger partial charge is 0.119 e. The average Bonchev–Trinajstić information content (AvgIpc) is 2.99. The van der Waals surface area contributed by atoms with Gasteiger partial charge in [0, 0.05) is 17.0 Å². The molecule has 108 valence electrons. The molecule has 0 amide bonds. The third kappa shape index (κ3) is 2.00. The molecule has 0 unspecified atom stereocenters. The summed E-state index contributed by atoms with van der Waals surface area (Å²) in [7, 11) is 1.67. The van der Waals surface area contributed by atoms with Crippen LogP contribution in [-0.4, -0.2) is 21.9 Å². The largest absolute Gasteiger partial charge is 0.497 e. The number of hydrogen-bond acceptors (Lipinski definition) is 3. The monoisotopic (exact) mass is 289 g/mol. The molecule has 0 N–H and O–H groups in total. The minimum Gasteiger partial charge on any atom is -0.497 e. The van der Waals surface area contributed by atoms with Crippen molar-refractivity contribution in [1.29, 1.82) is 0 Å². The number of pyridine rings is 1. The van der Waals surface area contributed by atoms with Crippen molar-refractivity contribution in [2.75, 3.05) is 7.11 Å². The molecule has 2 aromatic heterocycles. The van der Waals surface area contributed by atoms with Crippen LogP contribution in [0.3, 0.4) is 0 Å². The first-order valence-corrected chi connectivity index (χ1v) is 7.14. The summed E-state index contributed by atoms with van der Waals surface area (Å²) >= 11 is 0. The van der Waals surface area contributed by atoms with Gasteiger partial charge in [0.15, 0.2) is 0 Å². The van der Waals surface area contributed by atoms with E-state index < -0.39 is 0 Å². The van der Waals surface area contributed by atoms with Gasteiger partial charge >= 0.3 is 0 Å². The molecule has 0 fully saturated rings. The molecule has 0 aliphatic heterocycles. The van der Waals surface area contributed by atoms with Crippen LogP contribution in [0.4, 0.5) is 0 Å². The lowest BCUT2D eigenvalue weighted by atomic mass is 10.1. The van der Waals surface area contributed by atoms with Crippen molar-refractivity contribution in [3.63, 3.8) is 0 Å². The highest BCUT2D eigenvalue weighted by molar-refractivity contribution is 6.04. The predicted octanol–water partition coefficient (Wildman–Crippen LogP) is 3.89. The molecule has 22 heavy (non-hydrogen) atoms. The molecule has 0 aliphatic rings. The van der Waals surface area contributed by atoms with Gasteiger partial charge in [-0.05, 0) is 37.3 Å². The first-order chi connectivity index (χ1) is 10.7. The van der Waals surface area contributed by atoms with Gasteiger partial charge in [-0.25, -0.2) is 4.68 Å². The molecule has 4 nitrogen and oxygen atoms in total. The van der Waals surface area contributed by atoms with Crippen LogP contribution in [0.5, 0.6) is 5.75 Å². The minimum absolute atomic E-state index is 0.824. The van der Waals surface area contributed by atoms with E-state index in [0.29, 0.717) is 0 Å². The molecule has 0 atom stereocenters. The minimum atomic E-state index is 0.824. The highest BCUT2D eigenvalue weighted by Crippen LogP contribution is 2.27. The Bertz CT molecular complexity index is 971. The molecule has 4 aromatic rings. The number of hydrogen-bond donors (Lipinski definition) is 0. The van der Waals surface area contributed by atoms with Gasteiger partial charge in [0.25, 0.3) is 0 Å². The highest BCUT2D eigenvalue weighted by Gasteiger charge is 2.08. The first kappa shape index (κ1) is 12.8. The van der Waals surface area contributed by atoms with E-state index in [1.807, 2.05) is 35.3 Å². The number of nitrogens with zero attached hydrogens (tertiary/aromatic N) is 3. The normalized spacial score (nSPS) is 11.2. The molecule has 0 spiro atoms. The maximum absolute atomic E-state index is 5.32. The van der Waals surface area contributed by atoms with Crippen LogP contribution in [0.15, 0.2) is 54.9 Å². The predicted molar refractivity (Wildman–Crippen MR) is 87.7 cm³/mol. The van der Waals surface area contributed by atoms with Crippen molar-refractivity contribution >= 4 is 21.8 Å². The molecular formula is C18H15N3O. The Hall–Kier alpha value is -2.88. The van der Waals surface area contributed by atoms with Crippen molar-refractivity contribution in [2.45, 2.75) is 6.92 Å². The van der Waals surface area contributed by atoms with Crippen molar-refractivity contribution in [3.05, 3.63) is 60.4 Å². The third-order valence-electron chi connectivity index (χ3n) is 3.86. The third-order valence-corrected chi connectivity index (χ3v) is 3.86. The number of fused-ring (bicyclic) bond motifs is 3. The van der Waals surface area contributed by atoms with E-state index in [0.717, 1.165) is 33.2 Å². The summed E-state index contributed by atoms with van der Waals surface area (Å²) in [5.74, 6) is 0.824. The van der Waals surface area contributed by atoms with Crippen LogP contribution in [0.1, 0.15) is 5.56 Å². The Morgan fingerprint density at radius 3 is 2.55 bits per heavy atom. The number of rotatable bonds is 2.